The van der Waals surface area contributed by atoms with E-state index in [1.165, 1.54) is 32.2 Å². The molecular weight excluding hydrogens is 226 g/mol. The second kappa shape index (κ2) is 8.48. The summed E-state index contributed by atoms with van der Waals surface area (Å²) in [6.45, 7) is 9.81. The van der Waals surface area contributed by atoms with E-state index in [0.29, 0.717) is 12.6 Å². The fourth-order valence-electron chi connectivity index (χ4n) is 2.48. The Morgan fingerprint density at radius 3 is 2.83 bits per heavy atom. The van der Waals surface area contributed by atoms with Gasteiger partial charge in [-0.2, -0.15) is 0 Å². The molecule has 4 heteroatoms. The molecule has 1 unspecified atom stereocenters. The van der Waals surface area contributed by atoms with Crippen molar-refractivity contribution >= 4 is 5.91 Å². The van der Waals surface area contributed by atoms with Crippen molar-refractivity contribution in [3.63, 3.8) is 0 Å². The molecule has 106 valence electrons. The van der Waals surface area contributed by atoms with Crippen molar-refractivity contribution < 1.29 is 4.79 Å². The van der Waals surface area contributed by atoms with Crippen molar-refractivity contribution in [1.29, 1.82) is 0 Å². The molecular formula is C14H29N3O. The van der Waals surface area contributed by atoms with Gasteiger partial charge in [0.05, 0.1) is 6.54 Å². The maximum absolute atomic E-state index is 11.7. The third-order valence-electron chi connectivity index (χ3n) is 3.45. The van der Waals surface area contributed by atoms with E-state index < -0.39 is 0 Å². The molecule has 1 heterocycles. The van der Waals surface area contributed by atoms with Gasteiger partial charge in [-0.3, -0.25) is 9.69 Å². The minimum Gasteiger partial charge on any atom is -0.353 e. The van der Waals surface area contributed by atoms with Crippen LogP contribution in [0.25, 0.3) is 0 Å². The van der Waals surface area contributed by atoms with Crippen molar-refractivity contribution in [3.8, 4) is 0 Å². The van der Waals surface area contributed by atoms with Crippen LogP contribution in [0.2, 0.25) is 0 Å². The highest BCUT2D eigenvalue weighted by Gasteiger charge is 2.14. The Morgan fingerprint density at radius 1 is 1.50 bits per heavy atom. The highest BCUT2D eigenvalue weighted by molar-refractivity contribution is 5.78. The highest BCUT2D eigenvalue weighted by Crippen LogP contribution is 2.10. The van der Waals surface area contributed by atoms with E-state index >= 15 is 0 Å². The molecule has 1 aliphatic rings. The third kappa shape index (κ3) is 6.36. The van der Waals surface area contributed by atoms with Gasteiger partial charge in [0, 0.05) is 12.1 Å². The molecule has 1 amide bonds. The predicted molar refractivity (Wildman–Crippen MR) is 75.7 cm³/mol. The fraction of sp³-hybridized carbons (Fsp3) is 0.929. The zero-order valence-electron chi connectivity index (χ0n) is 12.2. The smallest absolute Gasteiger partial charge is 0.234 e. The number of hydrogen-bond donors (Lipinski definition) is 2. The summed E-state index contributed by atoms with van der Waals surface area (Å²) >= 11 is 0. The molecule has 4 nitrogen and oxygen atoms in total. The molecule has 1 rings (SSSR count). The fourth-order valence-corrected chi connectivity index (χ4v) is 2.48. The summed E-state index contributed by atoms with van der Waals surface area (Å²) in [5.74, 6) is 0.144. The van der Waals surface area contributed by atoms with Gasteiger partial charge < -0.3 is 10.6 Å². The number of carbonyl (C=O) groups excluding carboxylic acids is 1. The Balaban J connectivity index is 2.14. The van der Waals surface area contributed by atoms with Gasteiger partial charge in [-0.25, -0.2) is 0 Å². The van der Waals surface area contributed by atoms with Crippen LogP contribution in [-0.2, 0) is 4.79 Å². The number of carbonyl (C=O) groups is 1. The number of nitrogens with one attached hydrogen (secondary N) is 2. The van der Waals surface area contributed by atoms with E-state index in [-0.39, 0.29) is 11.9 Å². The first-order valence-electron chi connectivity index (χ1n) is 7.37. The summed E-state index contributed by atoms with van der Waals surface area (Å²) in [5.41, 5.74) is 0. The van der Waals surface area contributed by atoms with Crippen LogP contribution in [0.3, 0.4) is 0 Å². The highest BCUT2D eigenvalue weighted by atomic mass is 16.2. The first-order chi connectivity index (χ1) is 8.61. The van der Waals surface area contributed by atoms with Crippen LogP contribution in [0, 0.1) is 0 Å². The van der Waals surface area contributed by atoms with Gasteiger partial charge in [0.2, 0.25) is 5.91 Å². The van der Waals surface area contributed by atoms with Crippen LogP contribution in [0.5, 0.6) is 0 Å². The number of rotatable bonds is 8. The van der Waals surface area contributed by atoms with E-state index in [0.717, 1.165) is 13.1 Å². The molecule has 18 heavy (non-hydrogen) atoms. The van der Waals surface area contributed by atoms with E-state index in [9.17, 15) is 4.79 Å². The number of nitrogens with zero attached hydrogens (tertiary/aromatic N) is 1. The summed E-state index contributed by atoms with van der Waals surface area (Å²) in [5, 5.41) is 6.46. The Bertz CT molecular complexity index is 237. The quantitative estimate of drug-likeness (QED) is 0.688. The Hall–Kier alpha value is -0.610. The van der Waals surface area contributed by atoms with E-state index in [4.69, 9.17) is 0 Å². The Morgan fingerprint density at radius 2 is 2.28 bits per heavy atom. The second-order valence-electron chi connectivity index (χ2n) is 5.53. The van der Waals surface area contributed by atoms with Crippen LogP contribution in [-0.4, -0.2) is 49.1 Å². The van der Waals surface area contributed by atoms with Gasteiger partial charge in [-0.05, 0) is 59.2 Å². The Kier molecular flexibility index (Phi) is 7.28. The standard InChI is InChI=1S/C14H29N3O/c1-4-17(11-14(18)16-12(2)3)10-6-8-13-7-5-9-15-13/h12-13,15H,4-11H2,1-3H3,(H,16,18). The molecule has 0 aromatic heterocycles. The first kappa shape index (κ1) is 15.4. The Labute approximate surface area is 111 Å². The zero-order valence-corrected chi connectivity index (χ0v) is 12.2. The number of hydrogen-bond acceptors (Lipinski definition) is 3. The van der Waals surface area contributed by atoms with E-state index in [2.05, 4.69) is 22.5 Å². The van der Waals surface area contributed by atoms with Crippen LogP contribution in [0.15, 0.2) is 0 Å². The summed E-state index contributed by atoms with van der Waals surface area (Å²) in [4.78, 5) is 13.9. The van der Waals surface area contributed by atoms with E-state index in [1.807, 2.05) is 13.8 Å². The van der Waals surface area contributed by atoms with Gasteiger partial charge in [-0.1, -0.05) is 6.92 Å². The molecule has 1 fully saturated rings. The summed E-state index contributed by atoms with van der Waals surface area (Å²) in [6, 6.07) is 0.951. The van der Waals surface area contributed by atoms with Crippen molar-refractivity contribution in [1.82, 2.24) is 15.5 Å². The predicted octanol–water partition coefficient (Wildman–Crippen LogP) is 1.37. The average Bonchev–Trinajstić information content (AvgIpc) is 2.79. The second-order valence-corrected chi connectivity index (χ2v) is 5.53. The molecule has 0 bridgehead atoms. The van der Waals surface area contributed by atoms with Crippen molar-refractivity contribution in [3.05, 3.63) is 0 Å². The van der Waals surface area contributed by atoms with Crippen molar-refractivity contribution in [2.75, 3.05) is 26.2 Å². The normalized spacial score (nSPS) is 19.7. The summed E-state index contributed by atoms with van der Waals surface area (Å²) in [7, 11) is 0. The lowest BCUT2D eigenvalue weighted by Gasteiger charge is -2.21. The number of amides is 1. The molecule has 1 saturated heterocycles. The van der Waals surface area contributed by atoms with Gasteiger partial charge in [0.1, 0.15) is 0 Å². The largest absolute Gasteiger partial charge is 0.353 e. The van der Waals surface area contributed by atoms with Gasteiger partial charge in [0.15, 0.2) is 0 Å². The maximum Gasteiger partial charge on any atom is 0.234 e. The molecule has 0 radical (unpaired) electrons. The molecule has 0 aromatic rings. The van der Waals surface area contributed by atoms with Crippen molar-refractivity contribution in [2.45, 2.75) is 58.5 Å². The average molecular weight is 255 g/mol. The zero-order chi connectivity index (χ0) is 13.4. The molecule has 1 atom stereocenters. The molecule has 1 aliphatic heterocycles. The minimum atomic E-state index is 0.144. The number of likely N-dealkylation sites (N-methyl/N-ethyl adjacent to an activating group) is 1. The lowest BCUT2D eigenvalue weighted by atomic mass is 10.1. The lowest BCUT2D eigenvalue weighted by Crippen LogP contribution is -2.40. The van der Waals surface area contributed by atoms with Crippen LogP contribution in [0.1, 0.15) is 46.5 Å². The SMILES string of the molecule is CCN(CCCC1CCCN1)CC(=O)NC(C)C. The third-order valence-corrected chi connectivity index (χ3v) is 3.45. The minimum absolute atomic E-state index is 0.144. The topological polar surface area (TPSA) is 44.4 Å². The first-order valence-corrected chi connectivity index (χ1v) is 7.37. The lowest BCUT2D eigenvalue weighted by molar-refractivity contribution is -0.122. The monoisotopic (exact) mass is 255 g/mol. The molecule has 2 N–H and O–H groups in total. The summed E-state index contributed by atoms with van der Waals surface area (Å²) in [6.07, 6.45) is 5.06. The summed E-state index contributed by atoms with van der Waals surface area (Å²) < 4.78 is 0. The molecule has 0 aliphatic carbocycles. The van der Waals surface area contributed by atoms with Gasteiger partial charge >= 0.3 is 0 Å². The molecule has 0 aromatic carbocycles. The maximum atomic E-state index is 11.7. The van der Waals surface area contributed by atoms with Crippen LogP contribution in [0.4, 0.5) is 0 Å². The van der Waals surface area contributed by atoms with Gasteiger partial charge in [-0.15, -0.1) is 0 Å². The van der Waals surface area contributed by atoms with E-state index in [1.54, 1.807) is 0 Å². The molecule has 0 saturated carbocycles. The van der Waals surface area contributed by atoms with Gasteiger partial charge in [0.25, 0.3) is 0 Å². The van der Waals surface area contributed by atoms with Crippen molar-refractivity contribution in [2.24, 2.45) is 0 Å². The molecule has 0 spiro atoms. The van der Waals surface area contributed by atoms with Crippen LogP contribution >= 0.6 is 0 Å². The van der Waals surface area contributed by atoms with Crippen LogP contribution < -0.4 is 10.6 Å².